The highest BCUT2D eigenvalue weighted by molar-refractivity contribution is 5.44. The summed E-state index contributed by atoms with van der Waals surface area (Å²) in [7, 11) is 2.18. The van der Waals surface area contributed by atoms with Crippen molar-refractivity contribution in [2.75, 3.05) is 40.0 Å². The molecule has 0 spiro atoms. The van der Waals surface area contributed by atoms with Crippen molar-refractivity contribution in [2.45, 2.75) is 6.54 Å². The smallest absolute Gasteiger partial charge is 0.231 e. The quantitative estimate of drug-likeness (QED) is 0.766. The Labute approximate surface area is 102 Å². The lowest BCUT2D eigenvalue weighted by Gasteiger charge is -2.32. The maximum atomic E-state index is 5.40. The monoisotopic (exact) mass is 234 g/mol. The van der Waals surface area contributed by atoms with Crippen molar-refractivity contribution in [1.29, 1.82) is 0 Å². The Hall–Kier alpha value is -1.26. The number of ether oxygens (including phenoxy) is 2. The zero-order valence-corrected chi connectivity index (χ0v) is 10.2. The first kappa shape index (κ1) is 10.9. The van der Waals surface area contributed by atoms with Crippen molar-refractivity contribution in [1.82, 2.24) is 9.80 Å². The lowest BCUT2D eigenvalue weighted by atomic mass is 10.2. The van der Waals surface area contributed by atoms with Gasteiger partial charge < -0.3 is 14.4 Å². The predicted molar refractivity (Wildman–Crippen MR) is 65.3 cm³/mol. The van der Waals surface area contributed by atoms with Gasteiger partial charge in [-0.05, 0) is 24.7 Å². The van der Waals surface area contributed by atoms with Gasteiger partial charge in [0, 0.05) is 32.7 Å². The van der Waals surface area contributed by atoms with Gasteiger partial charge in [0.15, 0.2) is 11.5 Å². The molecule has 2 aliphatic heterocycles. The van der Waals surface area contributed by atoms with Crippen LogP contribution < -0.4 is 9.47 Å². The maximum Gasteiger partial charge on any atom is 0.231 e. The average Bonchev–Trinajstić information content (AvgIpc) is 2.79. The minimum Gasteiger partial charge on any atom is -0.454 e. The van der Waals surface area contributed by atoms with Gasteiger partial charge in [0.2, 0.25) is 6.79 Å². The summed E-state index contributed by atoms with van der Waals surface area (Å²) < 4.78 is 10.7. The van der Waals surface area contributed by atoms with Gasteiger partial charge in [-0.25, -0.2) is 0 Å². The van der Waals surface area contributed by atoms with E-state index in [1.54, 1.807) is 0 Å². The van der Waals surface area contributed by atoms with Crippen LogP contribution in [-0.4, -0.2) is 49.8 Å². The van der Waals surface area contributed by atoms with Crippen LogP contribution in [-0.2, 0) is 6.54 Å². The summed E-state index contributed by atoms with van der Waals surface area (Å²) in [5, 5.41) is 0. The molecule has 17 heavy (non-hydrogen) atoms. The van der Waals surface area contributed by atoms with Gasteiger partial charge in [-0.15, -0.1) is 0 Å². The maximum absolute atomic E-state index is 5.40. The summed E-state index contributed by atoms with van der Waals surface area (Å²) in [5.74, 6) is 1.75. The number of hydrogen-bond donors (Lipinski definition) is 0. The molecule has 4 heteroatoms. The van der Waals surface area contributed by atoms with Crippen LogP contribution >= 0.6 is 0 Å². The molecule has 1 aromatic rings. The Balaban J connectivity index is 1.65. The summed E-state index contributed by atoms with van der Waals surface area (Å²) in [5.41, 5.74) is 1.30. The van der Waals surface area contributed by atoms with E-state index in [0.29, 0.717) is 6.79 Å². The molecule has 0 bridgehead atoms. The highest BCUT2D eigenvalue weighted by Crippen LogP contribution is 2.32. The number of nitrogens with zero attached hydrogens (tertiary/aromatic N) is 2. The number of fused-ring (bicyclic) bond motifs is 1. The van der Waals surface area contributed by atoms with Crippen LogP contribution in [0.5, 0.6) is 11.5 Å². The van der Waals surface area contributed by atoms with E-state index in [-0.39, 0.29) is 0 Å². The minimum atomic E-state index is 0.354. The molecular formula is C13H18N2O2. The molecule has 3 rings (SSSR count). The zero-order chi connectivity index (χ0) is 11.7. The summed E-state index contributed by atoms with van der Waals surface area (Å²) >= 11 is 0. The third-order valence-electron chi connectivity index (χ3n) is 3.44. The van der Waals surface area contributed by atoms with Crippen molar-refractivity contribution in [2.24, 2.45) is 0 Å². The highest BCUT2D eigenvalue weighted by atomic mass is 16.7. The minimum absolute atomic E-state index is 0.354. The van der Waals surface area contributed by atoms with Gasteiger partial charge in [0.1, 0.15) is 0 Å². The number of likely N-dealkylation sites (N-methyl/N-ethyl adjacent to an activating group) is 1. The van der Waals surface area contributed by atoms with E-state index in [4.69, 9.17) is 9.47 Å². The second-order valence-electron chi connectivity index (χ2n) is 4.77. The fraction of sp³-hybridized carbons (Fsp3) is 0.538. The lowest BCUT2D eigenvalue weighted by Crippen LogP contribution is -2.43. The van der Waals surface area contributed by atoms with Crippen LogP contribution in [0.15, 0.2) is 18.2 Å². The Bertz CT molecular complexity index is 400. The number of benzene rings is 1. The largest absolute Gasteiger partial charge is 0.454 e. The predicted octanol–water partition coefficient (Wildman–Crippen LogP) is 1.16. The molecule has 1 aromatic carbocycles. The van der Waals surface area contributed by atoms with E-state index in [0.717, 1.165) is 44.2 Å². The van der Waals surface area contributed by atoms with Crippen molar-refractivity contribution < 1.29 is 9.47 Å². The standard InChI is InChI=1S/C13H18N2O2/c1-14-4-6-15(7-5-14)9-11-2-3-12-13(8-11)17-10-16-12/h2-3,8H,4-7,9-10H2,1H3. The molecule has 2 aliphatic rings. The van der Waals surface area contributed by atoms with Gasteiger partial charge in [-0.1, -0.05) is 6.07 Å². The van der Waals surface area contributed by atoms with E-state index in [1.165, 1.54) is 5.56 Å². The number of rotatable bonds is 2. The van der Waals surface area contributed by atoms with Crippen LogP contribution in [0.1, 0.15) is 5.56 Å². The first-order chi connectivity index (χ1) is 8.31. The first-order valence-corrected chi connectivity index (χ1v) is 6.11. The zero-order valence-electron chi connectivity index (χ0n) is 10.2. The molecule has 0 aliphatic carbocycles. The Kier molecular flexibility index (Phi) is 2.91. The second kappa shape index (κ2) is 4.55. The summed E-state index contributed by atoms with van der Waals surface area (Å²) in [6.07, 6.45) is 0. The van der Waals surface area contributed by atoms with Crippen LogP contribution in [0, 0.1) is 0 Å². The molecule has 0 aromatic heterocycles. The third-order valence-corrected chi connectivity index (χ3v) is 3.44. The SMILES string of the molecule is CN1CCN(Cc2ccc3c(c2)OCO3)CC1. The average molecular weight is 234 g/mol. The summed E-state index contributed by atoms with van der Waals surface area (Å²) in [6, 6.07) is 6.24. The van der Waals surface area contributed by atoms with Gasteiger partial charge in [0.25, 0.3) is 0 Å². The Morgan fingerprint density at radius 2 is 1.82 bits per heavy atom. The van der Waals surface area contributed by atoms with Crippen LogP contribution in [0.2, 0.25) is 0 Å². The Morgan fingerprint density at radius 1 is 1.06 bits per heavy atom. The molecule has 0 amide bonds. The van der Waals surface area contributed by atoms with Crippen LogP contribution in [0.3, 0.4) is 0 Å². The third kappa shape index (κ3) is 2.37. The van der Waals surface area contributed by atoms with Gasteiger partial charge >= 0.3 is 0 Å². The van der Waals surface area contributed by atoms with Crippen LogP contribution in [0.4, 0.5) is 0 Å². The number of hydrogen-bond acceptors (Lipinski definition) is 4. The van der Waals surface area contributed by atoms with Crippen molar-refractivity contribution in [3.63, 3.8) is 0 Å². The molecule has 0 saturated carbocycles. The molecule has 0 N–H and O–H groups in total. The lowest BCUT2D eigenvalue weighted by molar-refractivity contribution is 0.148. The fourth-order valence-electron chi connectivity index (χ4n) is 2.30. The second-order valence-corrected chi connectivity index (χ2v) is 4.77. The molecule has 1 saturated heterocycles. The van der Waals surface area contributed by atoms with Crippen molar-refractivity contribution in [3.05, 3.63) is 23.8 Å². The molecule has 0 unspecified atom stereocenters. The summed E-state index contributed by atoms with van der Waals surface area (Å²) in [6.45, 7) is 5.96. The Morgan fingerprint density at radius 3 is 2.65 bits per heavy atom. The van der Waals surface area contributed by atoms with Crippen LogP contribution in [0.25, 0.3) is 0 Å². The molecule has 4 nitrogen and oxygen atoms in total. The van der Waals surface area contributed by atoms with E-state index >= 15 is 0 Å². The highest BCUT2D eigenvalue weighted by Gasteiger charge is 2.16. The fourth-order valence-corrected chi connectivity index (χ4v) is 2.30. The topological polar surface area (TPSA) is 24.9 Å². The van der Waals surface area contributed by atoms with Gasteiger partial charge in [0.05, 0.1) is 0 Å². The molecule has 0 radical (unpaired) electrons. The van der Waals surface area contributed by atoms with Crippen molar-refractivity contribution >= 4 is 0 Å². The molecule has 1 fully saturated rings. The molecule has 92 valence electrons. The number of piperazine rings is 1. The normalized spacial score (nSPS) is 20.8. The van der Waals surface area contributed by atoms with E-state index in [9.17, 15) is 0 Å². The van der Waals surface area contributed by atoms with Crippen molar-refractivity contribution in [3.8, 4) is 11.5 Å². The van der Waals surface area contributed by atoms with Gasteiger partial charge in [-0.2, -0.15) is 0 Å². The van der Waals surface area contributed by atoms with E-state index in [1.807, 2.05) is 6.07 Å². The van der Waals surface area contributed by atoms with Gasteiger partial charge in [-0.3, -0.25) is 4.90 Å². The van der Waals surface area contributed by atoms with E-state index in [2.05, 4.69) is 29.0 Å². The molecule has 0 atom stereocenters. The summed E-state index contributed by atoms with van der Waals surface area (Å²) in [4.78, 5) is 4.85. The molecule has 2 heterocycles. The van der Waals surface area contributed by atoms with E-state index < -0.39 is 0 Å². The molecular weight excluding hydrogens is 216 g/mol. The first-order valence-electron chi connectivity index (χ1n) is 6.11.